The summed E-state index contributed by atoms with van der Waals surface area (Å²) in [5, 5.41) is 12.3. The highest BCUT2D eigenvalue weighted by Gasteiger charge is 2.25. The molecule has 1 aliphatic heterocycles. The number of aromatic nitrogens is 5. The van der Waals surface area contributed by atoms with Crippen LogP contribution in [0.2, 0.25) is 0 Å². The van der Waals surface area contributed by atoms with Crippen molar-refractivity contribution in [3.63, 3.8) is 0 Å². The second-order valence-corrected chi connectivity index (χ2v) is 5.82. The van der Waals surface area contributed by atoms with E-state index in [9.17, 15) is 4.79 Å². The minimum absolute atomic E-state index is 0.0276. The van der Waals surface area contributed by atoms with Crippen LogP contribution in [0.15, 0.2) is 36.9 Å². The molecule has 3 aromatic rings. The third-order valence-electron chi connectivity index (χ3n) is 4.17. The van der Waals surface area contributed by atoms with Crippen LogP contribution < -0.4 is 4.90 Å². The summed E-state index contributed by atoms with van der Waals surface area (Å²) < 4.78 is 1.65. The van der Waals surface area contributed by atoms with E-state index in [1.165, 1.54) is 0 Å². The van der Waals surface area contributed by atoms with Crippen LogP contribution in [0.3, 0.4) is 0 Å². The number of amides is 1. The first-order valence-corrected chi connectivity index (χ1v) is 7.84. The molecule has 1 amide bonds. The molecule has 0 radical (unpaired) electrons. The molecule has 4 rings (SSSR count). The molecule has 8 nitrogen and oxygen atoms in total. The second kappa shape index (κ2) is 5.88. The van der Waals surface area contributed by atoms with Crippen LogP contribution >= 0.6 is 0 Å². The number of carbonyl (C=O) groups excluding carboxylic acids is 1. The molecule has 0 atom stereocenters. The van der Waals surface area contributed by atoms with Crippen molar-refractivity contribution in [2.75, 3.05) is 31.1 Å². The van der Waals surface area contributed by atoms with Gasteiger partial charge in [0.25, 0.3) is 5.91 Å². The van der Waals surface area contributed by atoms with E-state index in [-0.39, 0.29) is 5.91 Å². The van der Waals surface area contributed by atoms with Crippen molar-refractivity contribution in [2.45, 2.75) is 6.92 Å². The Kier molecular flexibility index (Phi) is 3.56. The molecule has 24 heavy (non-hydrogen) atoms. The zero-order valence-corrected chi connectivity index (χ0v) is 13.3. The molecule has 0 aliphatic carbocycles. The lowest BCUT2D eigenvalue weighted by Gasteiger charge is -2.34. The lowest BCUT2D eigenvalue weighted by Crippen LogP contribution is -2.49. The molecule has 0 saturated carbocycles. The van der Waals surface area contributed by atoms with Gasteiger partial charge in [-0.3, -0.25) is 4.79 Å². The van der Waals surface area contributed by atoms with Gasteiger partial charge in [-0.2, -0.15) is 10.2 Å². The summed E-state index contributed by atoms with van der Waals surface area (Å²) in [5.74, 6) is 0.817. The summed E-state index contributed by atoms with van der Waals surface area (Å²) >= 11 is 0. The van der Waals surface area contributed by atoms with Crippen LogP contribution in [0.1, 0.15) is 15.9 Å². The number of fused-ring (bicyclic) bond motifs is 1. The number of carbonyl (C=O) groups is 1. The third-order valence-corrected chi connectivity index (χ3v) is 4.17. The SMILES string of the molecule is Cc1cnc2c(C(=O)N3CCN(c4cccnn4)CC3)cnn2c1. The Balaban J connectivity index is 1.50. The number of hydrogen-bond acceptors (Lipinski definition) is 6. The van der Waals surface area contributed by atoms with Crippen molar-refractivity contribution in [1.29, 1.82) is 0 Å². The summed E-state index contributed by atoms with van der Waals surface area (Å²) in [4.78, 5) is 21.1. The van der Waals surface area contributed by atoms with Gasteiger partial charge >= 0.3 is 0 Å². The van der Waals surface area contributed by atoms with E-state index in [1.807, 2.05) is 30.2 Å². The van der Waals surface area contributed by atoms with Gasteiger partial charge in [-0.25, -0.2) is 9.50 Å². The van der Waals surface area contributed by atoms with Gasteiger partial charge in [0.15, 0.2) is 11.5 Å². The number of hydrogen-bond donors (Lipinski definition) is 0. The van der Waals surface area contributed by atoms with Crippen LogP contribution in [0.25, 0.3) is 5.65 Å². The summed E-state index contributed by atoms with van der Waals surface area (Å²) in [6.45, 7) is 4.69. The Hall–Kier alpha value is -3.03. The van der Waals surface area contributed by atoms with Crippen LogP contribution in [0.4, 0.5) is 5.82 Å². The first-order chi connectivity index (χ1) is 11.7. The standard InChI is InChI=1S/C16H17N7O/c1-12-9-17-15-13(10-19-23(15)11-12)16(24)22-7-5-21(6-8-22)14-3-2-4-18-20-14/h2-4,9-11H,5-8H2,1H3. The Bertz CT molecular complexity index is 869. The molecule has 1 aliphatic rings. The number of anilines is 1. The molecule has 0 unspecified atom stereocenters. The highest BCUT2D eigenvalue weighted by atomic mass is 16.2. The Morgan fingerprint density at radius 3 is 2.75 bits per heavy atom. The highest BCUT2D eigenvalue weighted by molar-refractivity contribution is 5.99. The Morgan fingerprint density at radius 1 is 1.17 bits per heavy atom. The summed E-state index contributed by atoms with van der Waals surface area (Å²) in [6.07, 6.45) is 6.87. The van der Waals surface area contributed by atoms with Gasteiger partial charge in [0.2, 0.25) is 0 Å². The molecule has 3 aromatic heterocycles. The van der Waals surface area contributed by atoms with Crippen molar-refractivity contribution in [1.82, 2.24) is 29.7 Å². The molecule has 0 N–H and O–H groups in total. The van der Waals surface area contributed by atoms with E-state index in [0.717, 1.165) is 24.5 Å². The number of aryl methyl sites for hydroxylation is 1. The van der Waals surface area contributed by atoms with Gasteiger partial charge < -0.3 is 9.80 Å². The topological polar surface area (TPSA) is 79.5 Å². The van der Waals surface area contributed by atoms with Gasteiger partial charge in [-0.15, -0.1) is 5.10 Å². The van der Waals surface area contributed by atoms with E-state index < -0.39 is 0 Å². The van der Waals surface area contributed by atoms with E-state index >= 15 is 0 Å². The molecule has 0 spiro atoms. The van der Waals surface area contributed by atoms with Crippen LogP contribution in [0, 0.1) is 6.92 Å². The third kappa shape index (κ3) is 2.55. The van der Waals surface area contributed by atoms with E-state index in [2.05, 4.69) is 25.2 Å². The maximum atomic E-state index is 12.8. The summed E-state index contributed by atoms with van der Waals surface area (Å²) in [7, 11) is 0. The monoisotopic (exact) mass is 323 g/mol. The predicted octanol–water partition coefficient (Wildman–Crippen LogP) is 0.790. The fourth-order valence-electron chi connectivity index (χ4n) is 2.89. The molecule has 1 fully saturated rings. The number of nitrogens with zero attached hydrogens (tertiary/aromatic N) is 7. The lowest BCUT2D eigenvalue weighted by atomic mass is 10.2. The Labute approximate surface area is 138 Å². The maximum Gasteiger partial charge on any atom is 0.259 e. The van der Waals surface area contributed by atoms with E-state index in [0.29, 0.717) is 24.3 Å². The normalized spacial score (nSPS) is 15.0. The van der Waals surface area contributed by atoms with E-state index in [1.54, 1.807) is 23.1 Å². The minimum Gasteiger partial charge on any atom is -0.352 e. The zero-order valence-electron chi connectivity index (χ0n) is 13.3. The van der Waals surface area contributed by atoms with E-state index in [4.69, 9.17) is 0 Å². The summed E-state index contributed by atoms with van der Waals surface area (Å²) in [6, 6.07) is 3.80. The predicted molar refractivity (Wildman–Crippen MR) is 87.9 cm³/mol. The average Bonchev–Trinajstić information content (AvgIpc) is 3.05. The van der Waals surface area contributed by atoms with Crippen molar-refractivity contribution in [2.24, 2.45) is 0 Å². The molecular formula is C16H17N7O. The van der Waals surface area contributed by atoms with Crippen molar-refractivity contribution >= 4 is 17.4 Å². The maximum absolute atomic E-state index is 12.8. The summed E-state index contributed by atoms with van der Waals surface area (Å²) in [5.41, 5.74) is 2.15. The van der Waals surface area contributed by atoms with Gasteiger partial charge in [-0.1, -0.05) is 0 Å². The van der Waals surface area contributed by atoms with Crippen LogP contribution in [-0.2, 0) is 0 Å². The second-order valence-electron chi connectivity index (χ2n) is 5.82. The van der Waals surface area contributed by atoms with Gasteiger partial charge in [0.05, 0.1) is 6.20 Å². The van der Waals surface area contributed by atoms with Crippen molar-refractivity contribution < 1.29 is 4.79 Å². The fraction of sp³-hybridized carbons (Fsp3) is 0.312. The highest BCUT2D eigenvalue weighted by Crippen LogP contribution is 2.16. The molecule has 8 heteroatoms. The lowest BCUT2D eigenvalue weighted by molar-refractivity contribution is 0.0748. The van der Waals surface area contributed by atoms with Crippen molar-refractivity contribution in [3.05, 3.63) is 48.0 Å². The largest absolute Gasteiger partial charge is 0.352 e. The number of piperazine rings is 1. The average molecular weight is 323 g/mol. The molecule has 122 valence electrons. The first kappa shape index (κ1) is 14.6. The van der Waals surface area contributed by atoms with Gasteiger partial charge in [0.1, 0.15) is 5.56 Å². The first-order valence-electron chi connectivity index (χ1n) is 7.84. The molecule has 0 bridgehead atoms. The Morgan fingerprint density at radius 2 is 2.00 bits per heavy atom. The number of rotatable bonds is 2. The van der Waals surface area contributed by atoms with Gasteiger partial charge in [-0.05, 0) is 24.6 Å². The zero-order chi connectivity index (χ0) is 16.5. The molecule has 1 saturated heterocycles. The molecule has 4 heterocycles. The van der Waals surface area contributed by atoms with Crippen LogP contribution in [-0.4, -0.2) is 61.8 Å². The smallest absolute Gasteiger partial charge is 0.259 e. The molecule has 0 aromatic carbocycles. The fourth-order valence-corrected chi connectivity index (χ4v) is 2.89. The quantitative estimate of drug-likeness (QED) is 0.694. The van der Waals surface area contributed by atoms with Gasteiger partial charge in [0, 0.05) is 44.8 Å². The molecular weight excluding hydrogens is 306 g/mol. The van der Waals surface area contributed by atoms with Crippen LogP contribution in [0.5, 0.6) is 0 Å². The van der Waals surface area contributed by atoms with Crippen molar-refractivity contribution in [3.8, 4) is 0 Å². The minimum atomic E-state index is -0.0276.